The minimum Gasteiger partial charge on any atom is -0.336 e. The fourth-order valence-electron chi connectivity index (χ4n) is 3.87. The van der Waals surface area contributed by atoms with Gasteiger partial charge in [0.1, 0.15) is 0 Å². The van der Waals surface area contributed by atoms with Gasteiger partial charge in [0.15, 0.2) is 17.4 Å². The molecule has 0 aromatic carbocycles. The molecular formula is C22H40N4O2S. The fourth-order valence-corrected chi connectivity index (χ4v) is 4.90. The minimum absolute atomic E-state index is 0.214. The van der Waals surface area contributed by atoms with Gasteiger partial charge in [0.25, 0.3) is 5.91 Å². The van der Waals surface area contributed by atoms with Gasteiger partial charge in [0.05, 0.1) is 0 Å². The number of carbonyl (C=O) groups is 2. The zero-order valence-corrected chi connectivity index (χ0v) is 19.6. The SMILES string of the molecule is CCCCCCCCCCCCN1C(SC(C)CC)=NC2C1C(=O)NC(=O)N2C. The molecule has 1 saturated heterocycles. The van der Waals surface area contributed by atoms with E-state index in [4.69, 9.17) is 4.99 Å². The van der Waals surface area contributed by atoms with Crippen molar-refractivity contribution in [2.75, 3.05) is 13.6 Å². The Balaban J connectivity index is 1.81. The van der Waals surface area contributed by atoms with Crippen LogP contribution in [0.4, 0.5) is 4.79 Å². The summed E-state index contributed by atoms with van der Waals surface area (Å²) >= 11 is 1.73. The number of fused-ring (bicyclic) bond motifs is 1. The van der Waals surface area contributed by atoms with Crippen molar-refractivity contribution in [2.45, 2.75) is 109 Å². The standard InChI is InChI=1S/C22H40N4O2S/c1-5-7-8-9-10-11-12-13-14-15-16-26-18-19(23-22(26)29-17(3)6-2)25(4)21(28)24-20(18)27/h17-19H,5-16H2,1-4H3,(H,24,27,28). The van der Waals surface area contributed by atoms with Gasteiger partial charge in [-0.15, -0.1) is 0 Å². The van der Waals surface area contributed by atoms with Crippen LogP contribution in [0.3, 0.4) is 0 Å². The number of urea groups is 1. The third-order valence-electron chi connectivity index (χ3n) is 5.96. The van der Waals surface area contributed by atoms with Crippen LogP contribution in [-0.2, 0) is 4.79 Å². The highest BCUT2D eigenvalue weighted by Crippen LogP contribution is 2.31. The predicted octanol–water partition coefficient (Wildman–Crippen LogP) is 4.99. The van der Waals surface area contributed by atoms with Crippen molar-refractivity contribution in [1.29, 1.82) is 0 Å². The number of likely N-dealkylation sites (N-methyl/N-ethyl adjacent to an activating group) is 1. The van der Waals surface area contributed by atoms with Gasteiger partial charge in [-0.25, -0.2) is 9.79 Å². The van der Waals surface area contributed by atoms with Gasteiger partial charge in [-0.05, 0) is 12.8 Å². The first-order valence-corrected chi connectivity index (χ1v) is 12.5. The first-order chi connectivity index (χ1) is 14.0. The smallest absolute Gasteiger partial charge is 0.325 e. The van der Waals surface area contributed by atoms with Crippen molar-refractivity contribution in [3.8, 4) is 0 Å². The highest BCUT2D eigenvalue weighted by molar-refractivity contribution is 8.14. The molecule has 0 aromatic heterocycles. The molecule has 0 radical (unpaired) electrons. The summed E-state index contributed by atoms with van der Waals surface area (Å²) in [5.41, 5.74) is 0. The summed E-state index contributed by atoms with van der Waals surface area (Å²) in [6, 6.07) is -0.739. The summed E-state index contributed by atoms with van der Waals surface area (Å²) in [5, 5.41) is 3.84. The molecule has 6 nitrogen and oxygen atoms in total. The Bertz CT molecular complexity index is 569. The lowest BCUT2D eigenvalue weighted by Crippen LogP contribution is -2.63. The van der Waals surface area contributed by atoms with Crippen LogP contribution in [0.5, 0.6) is 0 Å². The zero-order valence-electron chi connectivity index (χ0n) is 18.8. The Morgan fingerprint density at radius 2 is 1.59 bits per heavy atom. The average molecular weight is 425 g/mol. The molecule has 0 bridgehead atoms. The maximum atomic E-state index is 12.5. The van der Waals surface area contributed by atoms with E-state index in [-0.39, 0.29) is 18.0 Å². The van der Waals surface area contributed by atoms with E-state index in [2.05, 4.69) is 31.0 Å². The normalized spacial score (nSPS) is 22.6. The summed E-state index contributed by atoms with van der Waals surface area (Å²) in [7, 11) is 1.72. The number of amidine groups is 1. The predicted molar refractivity (Wildman–Crippen MR) is 122 cm³/mol. The summed E-state index contributed by atoms with van der Waals surface area (Å²) in [5.74, 6) is -0.214. The van der Waals surface area contributed by atoms with Gasteiger partial charge < -0.3 is 9.80 Å². The van der Waals surface area contributed by atoms with Crippen LogP contribution >= 0.6 is 11.8 Å². The van der Waals surface area contributed by atoms with E-state index in [1.165, 1.54) is 57.8 Å². The zero-order chi connectivity index (χ0) is 21.2. The van der Waals surface area contributed by atoms with Crippen LogP contribution in [-0.4, -0.2) is 58.0 Å². The van der Waals surface area contributed by atoms with Crippen molar-refractivity contribution in [2.24, 2.45) is 4.99 Å². The number of hydrogen-bond donors (Lipinski definition) is 1. The molecule has 0 spiro atoms. The molecule has 1 fully saturated rings. The lowest BCUT2D eigenvalue weighted by atomic mass is 10.1. The second-order valence-corrected chi connectivity index (χ2v) is 9.79. The number of aliphatic imine (C=N–C) groups is 1. The Morgan fingerprint density at radius 3 is 2.17 bits per heavy atom. The topological polar surface area (TPSA) is 65.0 Å². The third-order valence-corrected chi connectivity index (χ3v) is 7.24. The van der Waals surface area contributed by atoms with E-state index in [1.807, 2.05) is 0 Å². The van der Waals surface area contributed by atoms with E-state index in [1.54, 1.807) is 23.7 Å². The van der Waals surface area contributed by atoms with Gasteiger partial charge in [0.2, 0.25) is 0 Å². The molecule has 2 heterocycles. The van der Waals surface area contributed by atoms with Crippen molar-refractivity contribution in [3.05, 3.63) is 0 Å². The molecule has 1 N–H and O–H groups in total. The third kappa shape index (κ3) is 6.90. The first kappa shape index (κ1) is 24.0. The number of nitrogens with one attached hydrogen (secondary N) is 1. The van der Waals surface area contributed by atoms with Crippen molar-refractivity contribution >= 4 is 28.9 Å². The lowest BCUT2D eigenvalue weighted by Gasteiger charge is -2.36. The molecule has 3 atom stereocenters. The van der Waals surface area contributed by atoms with Crippen LogP contribution in [0.1, 0.15) is 91.4 Å². The molecule has 166 valence electrons. The molecule has 3 amide bonds. The number of unbranched alkanes of at least 4 members (excludes halogenated alkanes) is 9. The molecule has 0 aliphatic carbocycles. The second-order valence-electron chi connectivity index (χ2n) is 8.39. The monoisotopic (exact) mass is 424 g/mol. The molecule has 0 saturated carbocycles. The lowest BCUT2D eigenvalue weighted by molar-refractivity contribution is -0.127. The van der Waals surface area contributed by atoms with Gasteiger partial charge in [-0.1, -0.05) is 90.3 Å². The van der Waals surface area contributed by atoms with Gasteiger partial charge in [-0.3, -0.25) is 10.1 Å². The highest BCUT2D eigenvalue weighted by Gasteiger charge is 2.48. The molecule has 3 unspecified atom stereocenters. The van der Waals surface area contributed by atoms with Crippen LogP contribution in [0.2, 0.25) is 0 Å². The largest absolute Gasteiger partial charge is 0.336 e. The summed E-state index contributed by atoms with van der Waals surface area (Å²) in [6.07, 6.45) is 13.6. The Morgan fingerprint density at radius 1 is 1.00 bits per heavy atom. The van der Waals surface area contributed by atoms with Gasteiger partial charge in [-0.2, -0.15) is 0 Å². The molecule has 7 heteroatoms. The number of carbonyl (C=O) groups excluding carboxylic acids is 2. The second kappa shape index (κ2) is 12.5. The van der Waals surface area contributed by atoms with E-state index in [0.717, 1.165) is 24.6 Å². The van der Waals surface area contributed by atoms with Crippen molar-refractivity contribution in [3.63, 3.8) is 0 Å². The van der Waals surface area contributed by atoms with Crippen LogP contribution in [0.25, 0.3) is 0 Å². The fraction of sp³-hybridized carbons (Fsp3) is 0.864. The van der Waals surface area contributed by atoms with Gasteiger partial charge >= 0.3 is 6.03 Å². The average Bonchev–Trinajstić information content (AvgIpc) is 3.06. The Kier molecular flexibility index (Phi) is 10.3. The number of thioether (sulfide) groups is 1. The number of amides is 3. The number of hydrogen-bond acceptors (Lipinski definition) is 5. The molecule has 2 rings (SSSR count). The van der Waals surface area contributed by atoms with Crippen LogP contribution in [0, 0.1) is 0 Å². The van der Waals surface area contributed by atoms with E-state index in [9.17, 15) is 9.59 Å². The Labute approximate surface area is 181 Å². The highest BCUT2D eigenvalue weighted by atomic mass is 32.2. The van der Waals surface area contributed by atoms with Crippen LogP contribution in [0.15, 0.2) is 4.99 Å². The van der Waals surface area contributed by atoms with Crippen LogP contribution < -0.4 is 5.32 Å². The number of rotatable bonds is 13. The summed E-state index contributed by atoms with van der Waals surface area (Å²) in [4.78, 5) is 33.0. The summed E-state index contributed by atoms with van der Waals surface area (Å²) in [6.45, 7) is 7.43. The molecular weight excluding hydrogens is 384 g/mol. The van der Waals surface area contributed by atoms with Crippen molar-refractivity contribution in [1.82, 2.24) is 15.1 Å². The molecule has 2 aliphatic heterocycles. The summed E-state index contributed by atoms with van der Waals surface area (Å²) < 4.78 is 0. The van der Waals surface area contributed by atoms with Crippen molar-refractivity contribution < 1.29 is 9.59 Å². The van der Waals surface area contributed by atoms with E-state index < -0.39 is 6.17 Å². The maximum Gasteiger partial charge on any atom is 0.325 e. The van der Waals surface area contributed by atoms with E-state index >= 15 is 0 Å². The van der Waals surface area contributed by atoms with Gasteiger partial charge in [0, 0.05) is 18.8 Å². The number of nitrogens with zero attached hydrogens (tertiary/aromatic N) is 3. The molecule has 0 aromatic rings. The van der Waals surface area contributed by atoms with E-state index in [0.29, 0.717) is 5.25 Å². The maximum absolute atomic E-state index is 12.5. The number of imide groups is 1. The first-order valence-electron chi connectivity index (χ1n) is 11.6. The quantitative estimate of drug-likeness (QED) is 0.423. The molecule has 29 heavy (non-hydrogen) atoms. The molecule has 2 aliphatic rings. The Hall–Kier alpha value is -1.24. The minimum atomic E-state index is -0.397.